The lowest BCUT2D eigenvalue weighted by Crippen LogP contribution is -2.22. The number of hydrogen-bond acceptors (Lipinski definition) is 3. The van der Waals surface area contributed by atoms with Crippen molar-refractivity contribution in [1.82, 2.24) is 4.57 Å². The maximum absolute atomic E-state index is 9.26. The van der Waals surface area contributed by atoms with Crippen LogP contribution in [-0.4, -0.2) is 23.3 Å². The minimum absolute atomic E-state index is 0.0770. The molecule has 0 unspecified atom stereocenters. The average Bonchev–Trinajstić information content (AvgIpc) is 2.96. The molecule has 0 atom stereocenters. The Bertz CT molecular complexity index is 938. The molecular weight excluding hydrogens is 356 g/mol. The first-order chi connectivity index (χ1) is 11.1. The van der Waals surface area contributed by atoms with Gasteiger partial charge in [0.15, 0.2) is 0 Å². The highest BCUT2D eigenvalue weighted by Gasteiger charge is 2.14. The van der Waals surface area contributed by atoms with Gasteiger partial charge in [0, 0.05) is 35.4 Å². The van der Waals surface area contributed by atoms with Crippen molar-refractivity contribution in [2.24, 2.45) is 4.99 Å². The first-order valence-corrected chi connectivity index (χ1v) is 8.29. The van der Waals surface area contributed by atoms with Crippen LogP contribution in [-0.2, 0) is 6.54 Å². The van der Waals surface area contributed by atoms with Crippen LogP contribution < -0.4 is 5.49 Å². The van der Waals surface area contributed by atoms with E-state index in [1.165, 1.54) is 0 Å². The number of benzene rings is 1. The van der Waals surface area contributed by atoms with Gasteiger partial charge in [-0.1, -0.05) is 28.1 Å². The van der Waals surface area contributed by atoms with Crippen molar-refractivity contribution >= 4 is 26.9 Å². The fraction of sp³-hybridized carbons (Fsp3) is 0.278. The Balaban J connectivity index is 2.31. The fourth-order valence-electron chi connectivity index (χ4n) is 2.89. The molecule has 0 amide bonds. The number of rotatable bonds is 3. The first-order valence-electron chi connectivity index (χ1n) is 7.49. The van der Waals surface area contributed by atoms with Gasteiger partial charge in [0.2, 0.25) is 0 Å². The molecule has 4 nitrogen and oxygen atoms in total. The molecule has 0 aliphatic heterocycles. The van der Waals surface area contributed by atoms with Crippen molar-refractivity contribution in [2.45, 2.75) is 20.4 Å². The van der Waals surface area contributed by atoms with Crippen LogP contribution in [0.1, 0.15) is 11.1 Å². The molecule has 3 aromatic rings. The largest absolute Gasteiger partial charge is 0.456 e. The Morgan fingerprint density at radius 1 is 1.30 bits per heavy atom. The topological polar surface area (TPSA) is 50.7 Å². The molecule has 1 N–H and O–H groups in total. The fourth-order valence-corrected chi connectivity index (χ4v) is 3.26. The second kappa shape index (κ2) is 6.34. The van der Waals surface area contributed by atoms with Crippen LogP contribution in [0.2, 0.25) is 0 Å². The summed E-state index contributed by atoms with van der Waals surface area (Å²) in [6.45, 7) is 4.67. The Morgan fingerprint density at radius 2 is 2.09 bits per heavy atom. The van der Waals surface area contributed by atoms with Crippen molar-refractivity contribution in [3.63, 3.8) is 0 Å². The molecule has 3 rings (SSSR count). The predicted octanol–water partition coefficient (Wildman–Crippen LogP) is 3.80. The maximum atomic E-state index is 9.26. The van der Waals surface area contributed by atoms with Crippen LogP contribution >= 0.6 is 15.9 Å². The number of nitrogens with zero attached hydrogens (tertiary/aromatic N) is 2. The highest BCUT2D eigenvalue weighted by atomic mass is 79.9. The summed E-state index contributed by atoms with van der Waals surface area (Å²) in [5.74, 6) is 0.827. The molecule has 0 saturated heterocycles. The van der Waals surface area contributed by atoms with Gasteiger partial charge in [-0.25, -0.2) is 0 Å². The Morgan fingerprint density at radius 3 is 2.78 bits per heavy atom. The van der Waals surface area contributed by atoms with E-state index in [2.05, 4.69) is 33.9 Å². The molecule has 23 heavy (non-hydrogen) atoms. The van der Waals surface area contributed by atoms with Gasteiger partial charge in [-0.15, -0.1) is 0 Å². The maximum Gasteiger partial charge on any atom is 0.142 e. The number of fused-ring (bicyclic) bond motifs is 1. The lowest BCUT2D eigenvalue weighted by atomic mass is 10.1. The molecule has 2 aromatic heterocycles. The molecule has 2 heterocycles. The monoisotopic (exact) mass is 374 g/mol. The molecule has 0 bridgehead atoms. The first kappa shape index (κ1) is 16.0. The minimum atomic E-state index is 0.0770. The van der Waals surface area contributed by atoms with Gasteiger partial charge >= 0.3 is 0 Å². The van der Waals surface area contributed by atoms with Gasteiger partial charge in [0.1, 0.15) is 16.8 Å². The lowest BCUT2D eigenvalue weighted by Gasteiger charge is -2.07. The van der Waals surface area contributed by atoms with Gasteiger partial charge in [-0.2, -0.15) is 0 Å². The summed E-state index contributed by atoms with van der Waals surface area (Å²) in [4.78, 5) is 4.39. The minimum Gasteiger partial charge on any atom is -0.456 e. The second-order valence-electron chi connectivity index (χ2n) is 5.54. The summed E-state index contributed by atoms with van der Waals surface area (Å²) in [5.41, 5.74) is 4.89. The number of furan rings is 1. The zero-order valence-electron chi connectivity index (χ0n) is 13.4. The van der Waals surface area contributed by atoms with E-state index in [-0.39, 0.29) is 6.61 Å². The molecule has 0 aliphatic carbocycles. The standard InChI is InChI=1S/C18H19BrN2O2/c1-11-10-21(7-8-22)18(20-3)14-9-16(23-17(11)14)13-5-4-6-15(19)12(13)2/h4-6,9-10,22H,7-8H2,1-3H3. The summed E-state index contributed by atoms with van der Waals surface area (Å²) in [6.07, 6.45) is 1.97. The second-order valence-corrected chi connectivity index (χ2v) is 6.40. The number of aliphatic hydroxyl groups excluding tert-OH is 1. The van der Waals surface area contributed by atoms with Crippen LogP contribution in [0.4, 0.5) is 0 Å². The van der Waals surface area contributed by atoms with Crippen LogP contribution in [0, 0.1) is 13.8 Å². The van der Waals surface area contributed by atoms with E-state index in [0.717, 1.165) is 43.4 Å². The van der Waals surface area contributed by atoms with Gasteiger partial charge in [0.05, 0.1) is 12.0 Å². The molecular formula is C18H19BrN2O2. The van der Waals surface area contributed by atoms with E-state index in [1.807, 2.05) is 35.9 Å². The summed E-state index contributed by atoms with van der Waals surface area (Å²) in [7, 11) is 1.76. The third-order valence-electron chi connectivity index (χ3n) is 4.04. The third-order valence-corrected chi connectivity index (χ3v) is 4.90. The molecule has 0 aliphatic rings. The average molecular weight is 375 g/mol. The number of halogens is 1. The van der Waals surface area contributed by atoms with Crippen LogP contribution in [0.3, 0.4) is 0 Å². The molecule has 5 heteroatoms. The molecule has 0 spiro atoms. The van der Waals surface area contributed by atoms with Gasteiger partial charge < -0.3 is 14.1 Å². The summed E-state index contributed by atoms with van der Waals surface area (Å²) < 4.78 is 9.16. The Kier molecular flexibility index (Phi) is 4.41. The highest BCUT2D eigenvalue weighted by molar-refractivity contribution is 9.10. The van der Waals surface area contributed by atoms with E-state index in [9.17, 15) is 5.11 Å². The van der Waals surface area contributed by atoms with Gasteiger partial charge in [0.25, 0.3) is 0 Å². The van der Waals surface area contributed by atoms with E-state index >= 15 is 0 Å². The highest BCUT2D eigenvalue weighted by Crippen LogP contribution is 2.32. The van der Waals surface area contributed by atoms with E-state index in [1.54, 1.807) is 7.05 Å². The zero-order chi connectivity index (χ0) is 16.6. The quantitative estimate of drug-likeness (QED) is 0.757. The molecule has 0 saturated carbocycles. The smallest absolute Gasteiger partial charge is 0.142 e. The molecule has 0 radical (unpaired) electrons. The van der Waals surface area contributed by atoms with E-state index in [4.69, 9.17) is 4.42 Å². The summed E-state index contributed by atoms with van der Waals surface area (Å²) in [5, 5.41) is 10.2. The number of aryl methyl sites for hydroxylation is 1. The summed E-state index contributed by atoms with van der Waals surface area (Å²) in [6, 6.07) is 8.11. The van der Waals surface area contributed by atoms with Crippen LogP contribution in [0.15, 0.2) is 44.3 Å². The SMILES string of the molecule is CN=c1c2cc(-c3cccc(Br)c3C)oc2c(C)cn1CCO. The van der Waals surface area contributed by atoms with Gasteiger partial charge in [-0.3, -0.25) is 4.99 Å². The molecule has 1 aromatic carbocycles. The van der Waals surface area contributed by atoms with Crippen molar-refractivity contribution in [3.8, 4) is 11.3 Å². The van der Waals surface area contributed by atoms with Crippen molar-refractivity contribution in [2.75, 3.05) is 13.7 Å². The third kappa shape index (κ3) is 2.75. The number of aromatic nitrogens is 1. The predicted molar refractivity (Wildman–Crippen MR) is 95.4 cm³/mol. The zero-order valence-corrected chi connectivity index (χ0v) is 15.0. The van der Waals surface area contributed by atoms with Crippen molar-refractivity contribution < 1.29 is 9.52 Å². The number of aliphatic hydroxyl groups is 1. The molecule has 120 valence electrons. The summed E-state index contributed by atoms with van der Waals surface area (Å²) >= 11 is 3.57. The van der Waals surface area contributed by atoms with E-state index in [0.29, 0.717) is 6.54 Å². The van der Waals surface area contributed by atoms with Crippen LogP contribution in [0.25, 0.3) is 22.3 Å². The van der Waals surface area contributed by atoms with Gasteiger partial charge in [-0.05, 0) is 31.5 Å². The lowest BCUT2D eigenvalue weighted by molar-refractivity contribution is 0.274. The Hall–Kier alpha value is -1.85. The molecule has 0 fully saturated rings. The van der Waals surface area contributed by atoms with Crippen molar-refractivity contribution in [1.29, 1.82) is 0 Å². The number of pyridine rings is 1. The number of hydrogen-bond donors (Lipinski definition) is 1. The van der Waals surface area contributed by atoms with E-state index < -0.39 is 0 Å². The Labute approximate surface area is 143 Å². The van der Waals surface area contributed by atoms with Crippen LogP contribution in [0.5, 0.6) is 0 Å². The van der Waals surface area contributed by atoms with Crippen molar-refractivity contribution in [3.05, 3.63) is 51.5 Å². The normalized spacial score (nSPS) is 12.3.